The molecule has 4 nitrogen and oxygen atoms in total. The van der Waals surface area contributed by atoms with E-state index in [2.05, 4.69) is 21.2 Å². The lowest BCUT2D eigenvalue weighted by molar-refractivity contribution is -0.129. The number of amides is 2. The molecule has 0 radical (unpaired) electrons. The van der Waals surface area contributed by atoms with Gasteiger partial charge in [-0.3, -0.25) is 9.59 Å². The molecule has 0 aromatic heterocycles. The zero-order chi connectivity index (χ0) is 17.3. The predicted octanol–water partition coefficient (Wildman–Crippen LogP) is 3.72. The van der Waals surface area contributed by atoms with Crippen LogP contribution in [0.15, 0.2) is 46.9 Å². The summed E-state index contributed by atoms with van der Waals surface area (Å²) in [7, 11) is 0. The third-order valence-corrected chi connectivity index (χ3v) is 4.32. The molecule has 0 unspecified atom stereocenters. The first-order valence-corrected chi connectivity index (χ1v) is 8.08. The van der Waals surface area contributed by atoms with Gasteiger partial charge in [-0.15, -0.1) is 0 Å². The van der Waals surface area contributed by atoms with Gasteiger partial charge in [-0.2, -0.15) is 0 Å². The standard InChI is InChI=1S/C17H13BrF2N2O2/c18-10-2-1-3-12(8-10)22-7-6-13(17(22)24)16(23)21-15-5-4-11(19)9-14(15)20/h1-5,8-9,13H,6-7H2,(H,21,23)/t13-/m0/s1. The highest BCUT2D eigenvalue weighted by molar-refractivity contribution is 9.10. The Labute approximate surface area is 145 Å². The summed E-state index contributed by atoms with van der Waals surface area (Å²) in [5, 5.41) is 2.36. The van der Waals surface area contributed by atoms with Crippen molar-refractivity contribution < 1.29 is 18.4 Å². The summed E-state index contributed by atoms with van der Waals surface area (Å²) in [4.78, 5) is 26.3. The van der Waals surface area contributed by atoms with Crippen molar-refractivity contribution in [1.29, 1.82) is 0 Å². The number of carbonyl (C=O) groups is 2. The third kappa shape index (κ3) is 3.31. The topological polar surface area (TPSA) is 49.4 Å². The summed E-state index contributed by atoms with van der Waals surface area (Å²) in [6.07, 6.45) is 0.333. The molecule has 1 aliphatic rings. The first kappa shape index (κ1) is 16.6. The fourth-order valence-electron chi connectivity index (χ4n) is 2.63. The van der Waals surface area contributed by atoms with E-state index in [1.165, 1.54) is 4.90 Å². The van der Waals surface area contributed by atoms with Gasteiger partial charge in [0.05, 0.1) is 5.69 Å². The molecular formula is C17H13BrF2N2O2. The Hall–Kier alpha value is -2.28. The van der Waals surface area contributed by atoms with Crippen LogP contribution in [0.1, 0.15) is 6.42 Å². The van der Waals surface area contributed by atoms with Crippen molar-refractivity contribution in [2.75, 3.05) is 16.8 Å². The normalized spacial score (nSPS) is 17.2. The summed E-state index contributed by atoms with van der Waals surface area (Å²) >= 11 is 3.34. The molecule has 3 rings (SSSR count). The molecule has 0 aliphatic carbocycles. The smallest absolute Gasteiger partial charge is 0.239 e. The number of rotatable bonds is 3. The predicted molar refractivity (Wildman–Crippen MR) is 89.6 cm³/mol. The van der Waals surface area contributed by atoms with Crippen molar-refractivity contribution in [3.8, 4) is 0 Å². The minimum atomic E-state index is -0.895. The number of carbonyl (C=O) groups excluding carboxylic acids is 2. The maximum absolute atomic E-state index is 13.6. The second-order valence-electron chi connectivity index (χ2n) is 5.42. The van der Waals surface area contributed by atoms with Crippen LogP contribution in [0.4, 0.5) is 20.2 Å². The van der Waals surface area contributed by atoms with E-state index >= 15 is 0 Å². The summed E-state index contributed by atoms with van der Waals surface area (Å²) in [6, 6.07) is 10.1. The molecule has 1 N–H and O–H groups in total. The minimum absolute atomic E-state index is 0.143. The lowest BCUT2D eigenvalue weighted by atomic mass is 10.1. The highest BCUT2D eigenvalue weighted by atomic mass is 79.9. The van der Waals surface area contributed by atoms with Crippen LogP contribution in [0.2, 0.25) is 0 Å². The average molecular weight is 395 g/mol. The molecule has 7 heteroatoms. The van der Waals surface area contributed by atoms with Crippen molar-refractivity contribution in [3.63, 3.8) is 0 Å². The van der Waals surface area contributed by atoms with Crippen molar-refractivity contribution in [1.82, 2.24) is 0 Å². The van der Waals surface area contributed by atoms with E-state index in [9.17, 15) is 18.4 Å². The van der Waals surface area contributed by atoms with Crippen LogP contribution in [0, 0.1) is 17.6 Å². The zero-order valence-electron chi connectivity index (χ0n) is 12.4. The molecule has 2 amide bonds. The number of anilines is 2. The molecule has 1 atom stereocenters. The Morgan fingerprint density at radius 3 is 2.71 bits per heavy atom. The highest BCUT2D eigenvalue weighted by Gasteiger charge is 2.37. The number of nitrogens with one attached hydrogen (secondary N) is 1. The van der Waals surface area contributed by atoms with Gasteiger partial charge in [0.1, 0.15) is 17.6 Å². The first-order chi connectivity index (χ1) is 11.5. The number of hydrogen-bond acceptors (Lipinski definition) is 2. The van der Waals surface area contributed by atoms with E-state index in [4.69, 9.17) is 0 Å². The molecular weight excluding hydrogens is 382 g/mol. The lowest BCUT2D eigenvalue weighted by Crippen LogP contribution is -2.33. The largest absolute Gasteiger partial charge is 0.323 e. The molecule has 0 saturated carbocycles. The van der Waals surface area contributed by atoms with Gasteiger partial charge in [-0.05, 0) is 36.8 Å². The number of halogens is 3. The number of benzene rings is 2. The van der Waals surface area contributed by atoms with Gasteiger partial charge in [0.15, 0.2) is 0 Å². The molecule has 124 valence electrons. The lowest BCUT2D eigenvalue weighted by Gasteiger charge is -2.17. The monoisotopic (exact) mass is 394 g/mol. The molecule has 1 aliphatic heterocycles. The van der Waals surface area contributed by atoms with E-state index in [0.717, 1.165) is 16.6 Å². The zero-order valence-corrected chi connectivity index (χ0v) is 14.0. The second-order valence-corrected chi connectivity index (χ2v) is 6.34. The number of nitrogens with zero attached hydrogens (tertiary/aromatic N) is 1. The van der Waals surface area contributed by atoms with Gasteiger partial charge in [0.2, 0.25) is 11.8 Å². The van der Waals surface area contributed by atoms with Crippen LogP contribution in [-0.4, -0.2) is 18.4 Å². The van der Waals surface area contributed by atoms with Gasteiger partial charge >= 0.3 is 0 Å². The molecule has 2 aromatic rings. The molecule has 1 fully saturated rings. The van der Waals surface area contributed by atoms with Crippen LogP contribution in [0.5, 0.6) is 0 Å². The van der Waals surface area contributed by atoms with E-state index in [1.54, 1.807) is 18.2 Å². The van der Waals surface area contributed by atoms with Gasteiger partial charge in [-0.1, -0.05) is 22.0 Å². The molecule has 0 spiro atoms. The first-order valence-electron chi connectivity index (χ1n) is 7.28. The van der Waals surface area contributed by atoms with Crippen LogP contribution < -0.4 is 10.2 Å². The van der Waals surface area contributed by atoms with Gasteiger partial charge in [0.25, 0.3) is 0 Å². The maximum Gasteiger partial charge on any atom is 0.239 e. The summed E-state index contributed by atoms with van der Waals surface area (Å²) < 4.78 is 27.4. The maximum atomic E-state index is 13.6. The van der Waals surface area contributed by atoms with Crippen LogP contribution in [0.25, 0.3) is 0 Å². The second kappa shape index (κ2) is 6.68. The molecule has 0 bridgehead atoms. The van der Waals surface area contributed by atoms with Gasteiger partial charge in [-0.25, -0.2) is 8.78 Å². The van der Waals surface area contributed by atoms with Crippen LogP contribution in [-0.2, 0) is 9.59 Å². The third-order valence-electron chi connectivity index (χ3n) is 3.83. The minimum Gasteiger partial charge on any atom is -0.323 e. The fourth-order valence-corrected chi connectivity index (χ4v) is 3.02. The van der Waals surface area contributed by atoms with Gasteiger partial charge < -0.3 is 10.2 Å². The fraction of sp³-hybridized carbons (Fsp3) is 0.176. The SMILES string of the molecule is O=C(Nc1ccc(F)cc1F)[C@@H]1CCN(c2cccc(Br)c2)C1=O. The Bertz CT molecular complexity index is 813. The van der Waals surface area contributed by atoms with Crippen LogP contribution in [0.3, 0.4) is 0 Å². The van der Waals surface area contributed by atoms with Gasteiger partial charge in [0, 0.05) is 22.8 Å². The average Bonchev–Trinajstić information content (AvgIpc) is 2.92. The molecule has 2 aromatic carbocycles. The molecule has 1 saturated heterocycles. The van der Waals surface area contributed by atoms with Crippen LogP contribution >= 0.6 is 15.9 Å². The highest BCUT2D eigenvalue weighted by Crippen LogP contribution is 2.28. The van der Waals surface area contributed by atoms with Crippen molar-refractivity contribution in [2.45, 2.75) is 6.42 Å². The van der Waals surface area contributed by atoms with E-state index in [0.29, 0.717) is 24.7 Å². The van der Waals surface area contributed by atoms with Crippen molar-refractivity contribution >= 4 is 39.1 Å². The summed E-state index contributed by atoms with van der Waals surface area (Å²) in [5.74, 6) is -3.44. The quantitative estimate of drug-likeness (QED) is 0.806. The van der Waals surface area contributed by atoms with E-state index in [1.807, 2.05) is 6.07 Å². The van der Waals surface area contributed by atoms with Crippen molar-refractivity contribution in [3.05, 3.63) is 58.6 Å². The number of hydrogen-bond donors (Lipinski definition) is 1. The molecule has 1 heterocycles. The molecule has 24 heavy (non-hydrogen) atoms. The Balaban J connectivity index is 1.74. The Morgan fingerprint density at radius 2 is 2.00 bits per heavy atom. The Morgan fingerprint density at radius 1 is 1.21 bits per heavy atom. The summed E-state index contributed by atoms with van der Waals surface area (Å²) in [6.45, 7) is 0.402. The summed E-state index contributed by atoms with van der Waals surface area (Å²) in [5.41, 5.74) is 0.549. The van der Waals surface area contributed by atoms with Crippen molar-refractivity contribution in [2.24, 2.45) is 5.92 Å². The van der Waals surface area contributed by atoms with E-state index in [-0.39, 0.29) is 11.6 Å². The Kier molecular flexibility index (Phi) is 4.62. The van der Waals surface area contributed by atoms with E-state index < -0.39 is 23.5 Å².